The fraction of sp³-hybridized carbons (Fsp3) is 0.621. The second-order valence-electron chi connectivity index (χ2n) is 11.4. The molecule has 4 rings (SSSR count). The lowest BCUT2D eigenvalue weighted by Crippen LogP contribution is -2.37. The number of likely N-dealkylation sites (N-methyl/N-ethyl adjacent to an activating group) is 1. The summed E-state index contributed by atoms with van der Waals surface area (Å²) in [7, 11) is 3.97. The van der Waals surface area contributed by atoms with Gasteiger partial charge in [-0.25, -0.2) is 0 Å². The number of aliphatic imine (C=N–C) groups is 1. The largest absolute Gasteiger partial charge is 0.383 e. The Hall–Kier alpha value is -2.69. The molecule has 7 nitrogen and oxygen atoms in total. The van der Waals surface area contributed by atoms with Crippen LogP contribution in [-0.2, 0) is 9.53 Å². The summed E-state index contributed by atoms with van der Waals surface area (Å²) in [5.41, 5.74) is 4.95. The number of carbonyl (C=O) groups excluding carboxylic acids is 1. The lowest BCUT2D eigenvalue weighted by Gasteiger charge is -2.35. The van der Waals surface area contributed by atoms with Crippen molar-refractivity contribution in [2.24, 2.45) is 10.4 Å². The highest BCUT2D eigenvalue weighted by atomic mass is 16.5. The summed E-state index contributed by atoms with van der Waals surface area (Å²) in [4.78, 5) is 19.6. The molecule has 0 radical (unpaired) electrons. The zero-order valence-corrected chi connectivity index (χ0v) is 22.3. The van der Waals surface area contributed by atoms with E-state index >= 15 is 0 Å². The van der Waals surface area contributed by atoms with Gasteiger partial charge in [-0.05, 0) is 86.6 Å². The van der Waals surface area contributed by atoms with Crippen LogP contribution in [0.5, 0.6) is 0 Å². The molecule has 0 aromatic heterocycles. The first-order valence-corrected chi connectivity index (χ1v) is 13.3. The van der Waals surface area contributed by atoms with Crippen LogP contribution >= 0.6 is 0 Å². The molecule has 1 amide bonds. The van der Waals surface area contributed by atoms with Gasteiger partial charge >= 0.3 is 0 Å². The van der Waals surface area contributed by atoms with Crippen LogP contribution in [-0.4, -0.2) is 62.6 Å². The van der Waals surface area contributed by atoms with Crippen LogP contribution in [0.25, 0.3) is 5.57 Å². The van der Waals surface area contributed by atoms with Gasteiger partial charge in [0.1, 0.15) is 6.04 Å². The summed E-state index contributed by atoms with van der Waals surface area (Å²) < 4.78 is 5.26. The van der Waals surface area contributed by atoms with E-state index in [0.29, 0.717) is 23.9 Å². The first-order valence-electron chi connectivity index (χ1n) is 13.3. The number of benzene rings is 1. The van der Waals surface area contributed by atoms with Gasteiger partial charge in [0.15, 0.2) is 5.84 Å². The van der Waals surface area contributed by atoms with E-state index in [9.17, 15) is 4.79 Å². The number of carbonyl (C=O) groups is 1. The SMILES string of the molecule is COCCN(C)C1CCC(c2ccc(NC(=O)C3=NCC(C#N)N3)c(C3=CCC(C)(C)CC3)c2)CC1. The van der Waals surface area contributed by atoms with E-state index in [1.54, 1.807) is 7.11 Å². The minimum absolute atomic E-state index is 0.242. The van der Waals surface area contributed by atoms with Crippen molar-refractivity contribution in [1.82, 2.24) is 10.2 Å². The Morgan fingerprint density at radius 2 is 2.08 bits per heavy atom. The van der Waals surface area contributed by atoms with Crippen LogP contribution in [0.2, 0.25) is 0 Å². The quantitative estimate of drug-likeness (QED) is 0.549. The third-order valence-corrected chi connectivity index (χ3v) is 8.16. The molecule has 1 saturated carbocycles. The van der Waals surface area contributed by atoms with Crippen molar-refractivity contribution >= 4 is 23.0 Å². The Morgan fingerprint density at radius 1 is 1.31 bits per heavy atom. The molecule has 1 aromatic carbocycles. The molecule has 1 aliphatic heterocycles. The number of ether oxygens (including phenoxy) is 1. The predicted molar refractivity (Wildman–Crippen MR) is 145 cm³/mol. The molecular formula is C29H41N5O2. The Morgan fingerprint density at radius 3 is 2.72 bits per heavy atom. The van der Waals surface area contributed by atoms with Crippen molar-refractivity contribution in [2.45, 2.75) is 76.8 Å². The molecule has 1 heterocycles. The average Bonchev–Trinajstić information content (AvgIpc) is 3.37. The molecule has 2 N–H and O–H groups in total. The average molecular weight is 492 g/mol. The third-order valence-electron chi connectivity index (χ3n) is 8.16. The van der Waals surface area contributed by atoms with Crippen LogP contribution in [0.1, 0.15) is 75.8 Å². The number of methoxy groups -OCH3 is 1. The van der Waals surface area contributed by atoms with Crippen LogP contribution < -0.4 is 10.6 Å². The maximum Gasteiger partial charge on any atom is 0.290 e. The number of nitriles is 1. The van der Waals surface area contributed by atoms with E-state index in [4.69, 9.17) is 10.00 Å². The molecule has 1 fully saturated rings. The summed E-state index contributed by atoms with van der Waals surface area (Å²) >= 11 is 0. The zero-order valence-electron chi connectivity index (χ0n) is 22.3. The first-order chi connectivity index (χ1) is 17.3. The number of hydrogen-bond donors (Lipinski definition) is 2. The van der Waals surface area contributed by atoms with Crippen molar-refractivity contribution in [3.05, 3.63) is 35.4 Å². The third kappa shape index (κ3) is 6.35. The van der Waals surface area contributed by atoms with E-state index < -0.39 is 6.04 Å². The van der Waals surface area contributed by atoms with Gasteiger partial charge in [-0.2, -0.15) is 5.26 Å². The number of allylic oxidation sites excluding steroid dienone is 2. The van der Waals surface area contributed by atoms with Gasteiger partial charge in [0, 0.05) is 30.9 Å². The van der Waals surface area contributed by atoms with Gasteiger partial charge < -0.3 is 20.3 Å². The van der Waals surface area contributed by atoms with Gasteiger partial charge in [-0.3, -0.25) is 9.79 Å². The minimum Gasteiger partial charge on any atom is -0.383 e. The summed E-state index contributed by atoms with van der Waals surface area (Å²) in [5, 5.41) is 15.1. The van der Waals surface area contributed by atoms with Crippen molar-refractivity contribution in [1.29, 1.82) is 5.26 Å². The number of rotatable bonds is 8. The molecule has 36 heavy (non-hydrogen) atoms. The summed E-state index contributed by atoms with van der Waals surface area (Å²) in [6, 6.07) is 8.89. The van der Waals surface area contributed by atoms with E-state index in [1.807, 2.05) is 0 Å². The lowest BCUT2D eigenvalue weighted by atomic mass is 9.76. The number of amides is 1. The second-order valence-corrected chi connectivity index (χ2v) is 11.4. The molecular weight excluding hydrogens is 450 g/mol. The van der Waals surface area contributed by atoms with Crippen molar-refractivity contribution in [3.63, 3.8) is 0 Å². The van der Waals surface area contributed by atoms with Crippen molar-refractivity contribution in [3.8, 4) is 6.07 Å². The summed E-state index contributed by atoms with van der Waals surface area (Å²) in [5.74, 6) is 0.503. The van der Waals surface area contributed by atoms with E-state index in [-0.39, 0.29) is 11.7 Å². The number of amidine groups is 1. The minimum atomic E-state index is -0.431. The molecule has 0 spiro atoms. The fourth-order valence-corrected chi connectivity index (χ4v) is 5.61. The molecule has 194 valence electrons. The molecule has 1 aromatic rings. The Kier molecular flexibility index (Phi) is 8.48. The number of nitrogens with one attached hydrogen (secondary N) is 2. The van der Waals surface area contributed by atoms with Crippen LogP contribution in [0, 0.1) is 16.7 Å². The maximum atomic E-state index is 12.9. The molecule has 0 saturated heterocycles. The topological polar surface area (TPSA) is 89.8 Å². The fourth-order valence-electron chi connectivity index (χ4n) is 5.61. The van der Waals surface area contributed by atoms with E-state index in [0.717, 1.165) is 43.7 Å². The molecule has 2 aliphatic carbocycles. The molecule has 7 heteroatoms. The van der Waals surface area contributed by atoms with E-state index in [1.165, 1.54) is 36.8 Å². The lowest BCUT2D eigenvalue weighted by molar-refractivity contribution is -0.110. The number of anilines is 1. The van der Waals surface area contributed by atoms with Crippen molar-refractivity contribution in [2.75, 3.05) is 39.2 Å². The highest BCUT2D eigenvalue weighted by Gasteiger charge is 2.28. The Bertz CT molecular complexity index is 1050. The number of nitrogens with zero attached hydrogens (tertiary/aromatic N) is 3. The van der Waals surface area contributed by atoms with Gasteiger partial charge in [0.2, 0.25) is 0 Å². The molecule has 3 aliphatic rings. The Balaban J connectivity index is 1.52. The predicted octanol–water partition coefficient (Wildman–Crippen LogP) is 4.72. The van der Waals surface area contributed by atoms with Gasteiger partial charge in [0.05, 0.1) is 19.2 Å². The maximum absolute atomic E-state index is 12.9. The first kappa shape index (κ1) is 26.4. The highest BCUT2D eigenvalue weighted by Crippen LogP contribution is 2.42. The van der Waals surface area contributed by atoms with Crippen LogP contribution in [0.4, 0.5) is 5.69 Å². The van der Waals surface area contributed by atoms with Gasteiger partial charge in [-0.15, -0.1) is 0 Å². The normalized spacial score (nSPS) is 25.5. The van der Waals surface area contributed by atoms with Crippen LogP contribution in [0.3, 0.4) is 0 Å². The zero-order chi connectivity index (χ0) is 25.7. The second kappa shape index (κ2) is 11.6. The van der Waals surface area contributed by atoms with Gasteiger partial charge in [0.25, 0.3) is 5.91 Å². The summed E-state index contributed by atoms with van der Waals surface area (Å²) in [6.45, 7) is 6.70. The molecule has 1 unspecified atom stereocenters. The highest BCUT2D eigenvalue weighted by molar-refractivity contribution is 6.42. The Labute approximate surface area is 216 Å². The monoisotopic (exact) mass is 491 g/mol. The molecule has 0 bridgehead atoms. The van der Waals surface area contributed by atoms with Crippen molar-refractivity contribution < 1.29 is 9.53 Å². The summed E-state index contributed by atoms with van der Waals surface area (Å²) in [6.07, 6.45) is 10.3. The standard InChI is InChI=1S/C29H41N5O2/c1-29(2)13-11-21(12-14-29)25-17-22(20-5-8-24(9-6-20)34(3)15-16-36-4)7-10-26(25)33-28(35)27-31-19-23(18-30)32-27/h7,10-11,17,20,23-24H,5-6,8-9,12-16,19H2,1-4H3,(H,31,32)(H,33,35). The van der Waals surface area contributed by atoms with E-state index in [2.05, 4.69) is 71.8 Å². The smallest absolute Gasteiger partial charge is 0.290 e. The molecule has 1 atom stereocenters. The van der Waals surface area contributed by atoms with Gasteiger partial charge in [-0.1, -0.05) is 26.0 Å². The van der Waals surface area contributed by atoms with Crippen LogP contribution in [0.15, 0.2) is 29.3 Å². The number of hydrogen-bond acceptors (Lipinski definition) is 6.